The Kier molecular flexibility index (Phi) is 9.77. The number of halogens is 3. The topological polar surface area (TPSA) is 63.6 Å². The number of carbonyl (C=O) groups is 2. The number of hydrogen-bond donors (Lipinski definition) is 1. The van der Waals surface area contributed by atoms with Crippen LogP contribution in [0.4, 0.5) is 0 Å². The lowest BCUT2D eigenvalue weighted by Crippen LogP contribution is -2.34. The van der Waals surface area contributed by atoms with Gasteiger partial charge in [0.15, 0.2) is 0 Å². The molecular formula is C19H25Cl3O4. The molecule has 7 heteroatoms. The van der Waals surface area contributed by atoms with E-state index in [9.17, 15) is 14.7 Å². The molecule has 0 fully saturated rings. The van der Waals surface area contributed by atoms with Crippen LogP contribution < -0.4 is 0 Å². The molecule has 0 aromatic heterocycles. The lowest BCUT2D eigenvalue weighted by molar-refractivity contribution is -0.158. The molecule has 0 aliphatic heterocycles. The molecule has 4 nitrogen and oxygen atoms in total. The zero-order valence-electron chi connectivity index (χ0n) is 15.0. The molecule has 0 saturated heterocycles. The summed E-state index contributed by atoms with van der Waals surface area (Å²) in [5.41, 5.74) is 1.14. The van der Waals surface area contributed by atoms with E-state index in [0.29, 0.717) is 19.3 Å². The molecule has 0 amide bonds. The molecule has 1 rings (SSSR count). The second-order valence-corrected chi connectivity index (χ2v) is 9.30. The van der Waals surface area contributed by atoms with Crippen LogP contribution in [-0.2, 0) is 20.7 Å². The van der Waals surface area contributed by atoms with E-state index in [1.807, 2.05) is 44.2 Å². The zero-order chi connectivity index (χ0) is 19.7. The fourth-order valence-corrected chi connectivity index (χ4v) is 3.02. The summed E-state index contributed by atoms with van der Waals surface area (Å²) >= 11 is 16.9. The lowest BCUT2D eigenvalue weighted by Gasteiger charge is -2.25. The van der Waals surface area contributed by atoms with Crippen LogP contribution >= 0.6 is 34.8 Å². The van der Waals surface area contributed by atoms with E-state index in [-0.39, 0.29) is 5.92 Å². The zero-order valence-corrected chi connectivity index (χ0v) is 17.2. The van der Waals surface area contributed by atoms with E-state index in [2.05, 4.69) is 0 Å². The second kappa shape index (κ2) is 11.0. The van der Waals surface area contributed by atoms with Crippen LogP contribution in [0.25, 0.3) is 0 Å². The van der Waals surface area contributed by atoms with Gasteiger partial charge in [-0.15, -0.1) is 0 Å². The third kappa shape index (κ3) is 9.11. The molecule has 0 saturated carbocycles. The maximum absolute atomic E-state index is 12.4. The van der Waals surface area contributed by atoms with Crippen LogP contribution in [0.3, 0.4) is 0 Å². The third-order valence-corrected chi connectivity index (χ3v) is 4.36. The summed E-state index contributed by atoms with van der Waals surface area (Å²) in [6.45, 7) is 3.46. The highest BCUT2D eigenvalue weighted by molar-refractivity contribution is 6.67. The highest BCUT2D eigenvalue weighted by Crippen LogP contribution is 2.30. The molecule has 1 aromatic carbocycles. The molecule has 1 N–H and O–H groups in total. The molecule has 0 spiro atoms. The van der Waals surface area contributed by atoms with Crippen LogP contribution in [-0.4, -0.2) is 27.4 Å². The molecule has 0 aliphatic rings. The Bertz CT molecular complexity index is 570. The number of aliphatic carboxylic acids is 1. The van der Waals surface area contributed by atoms with Crippen molar-refractivity contribution >= 4 is 46.7 Å². The highest BCUT2D eigenvalue weighted by Gasteiger charge is 2.36. The van der Waals surface area contributed by atoms with Gasteiger partial charge in [0.05, 0.1) is 11.8 Å². The summed E-state index contributed by atoms with van der Waals surface area (Å²) < 4.78 is 3.35. The number of benzene rings is 1. The number of hydrogen-bond acceptors (Lipinski definition) is 3. The van der Waals surface area contributed by atoms with Crippen LogP contribution in [0.15, 0.2) is 30.3 Å². The first-order valence-corrected chi connectivity index (χ1v) is 9.73. The quantitative estimate of drug-likeness (QED) is 0.410. The van der Waals surface area contributed by atoms with Crippen LogP contribution in [0.5, 0.6) is 0 Å². The number of rotatable bonds is 10. The summed E-state index contributed by atoms with van der Waals surface area (Å²) in [5.74, 6) is -3.09. The van der Waals surface area contributed by atoms with Crippen molar-refractivity contribution in [2.45, 2.75) is 43.3 Å². The molecule has 146 valence electrons. The van der Waals surface area contributed by atoms with Crippen molar-refractivity contribution < 1.29 is 19.4 Å². The van der Waals surface area contributed by atoms with E-state index in [1.165, 1.54) is 0 Å². The van der Waals surface area contributed by atoms with Crippen molar-refractivity contribution in [1.29, 1.82) is 0 Å². The Balaban J connectivity index is 2.76. The average molecular weight is 424 g/mol. The maximum atomic E-state index is 12.4. The SMILES string of the molecule is CC(C)CC(C(=O)OCC(Cl)(Cl)Cl)C(CCCc1ccccc1)C(=O)O. The van der Waals surface area contributed by atoms with E-state index in [1.54, 1.807) is 0 Å². The van der Waals surface area contributed by atoms with E-state index >= 15 is 0 Å². The standard InChI is InChI=1S/C19H25Cl3O4/c1-13(2)11-16(18(25)26-12-19(20,21)22)15(17(23)24)10-6-9-14-7-4-3-5-8-14/h3-5,7-8,13,15-16H,6,9-12H2,1-2H3,(H,23,24). The van der Waals surface area contributed by atoms with Gasteiger partial charge in [-0.05, 0) is 37.2 Å². The summed E-state index contributed by atoms with van der Waals surface area (Å²) in [7, 11) is 0. The van der Waals surface area contributed by atoms with Crippen molar-refractivity contribution in [3.05, 3.63) is 35.9 Å². The van der Waals surface area contributed by atoms with E-state index < -0.39 is 34.2 Å². The summed E-state index contributed by atoms with van der Waals surface area (Å²) in [4.78, 5) is 24.2. The van der Waals surface area contributed by atoms with Crippen molar-refractivity contribution in [2.75, 3.05) is 6.61 Å². The molecule has 0 radical (unpaired) electrons. The highest BCUT2D eigenvalue weighted by atomic mass is 35.6. The Morgan fingerprint density at radius 2 is 1.73 bits per heavy atom. The Hall–Kier alpha value is -0.970. The molecule has 0 bridgehead atoms. The average Bonchev–Trinajstić information content (AvgIpc) is 2.54. The number of aryl methyl sites for hydroxylation is 1. The van der Waals surface area contributed by atoms with Crippen LogP contribution in [0, 0.1) is 17.8 Å². The number of esters is 1. The Labute approximate surface area is 169 Å². The predicted molar refractivity (Wildman–Crippen MR) is 105 cm³/mol. The van der Waals surface area contributed by atoms with Gasteiger partial charge in [0.1, 0.15) is 6.61 Å². The predicted octanol–water partition coefficient (Wildman–Crippen LogP) is 5.29. The van der Waals surface area contributed by atoms with Gasteiger partial charge in [-0.1, -0.05) is 79.0 Å². The second-order valence-electron chi connectivity index (χ2n) is 6.78. The monoisotopic (exact) mass is 422 g/mol. The molecule has 2 atom stereocenters. The van der Waals surface area contributed by atoms with Crippen molar-refractivity contribution in [3.8, 4) is 0 Å². The van der Waals surface area contributed by atoms with E-state index in [4.69, 9.17) is 39.5 Å². The Morgan fingerprint density at radius 1 is 1.12 bits per heavy atom. The number of carbonyl (C=O) groups excluding carboxylic acids is 1. The first-order valence-electron chi connectivity index (χ1n) is 8.60. The number of alkyl halides is 3. The first kappa shape index (κ1) is 23.1. The fourth-order valence-electron chi connectivity index (χ4n) is 2.86. The van der Waals surface area contributed by atoms with Gasteiger partial charge in [0, 0.05) is 0 Å². The van der Waals surface area contributed by atoms with Gasteiger partial charge >= 0.3 is 11.9 Å². The maximum Gasteiger partial charge on any atom is 0.309 e. The number of carboxylic acids is 1. The molecular weight excluding hydrogens is 399 g/mol. The van der Waals surface area contributed by atoms with Crippen molar-refractivity contribution in [3.63, 3.8) is 0 Å². The Morgan fingerprint density at radius 3 is 2.23 bits per heavy atom. The number of ether oxygens (including phenoxy) is 1. The van der Waals surface area contributed by atoms with E-state index in [0.717, 1.165) is 12.0 Å². The molecule has 1 aromatic rings. The fraction of sp³-hybridized carbons (Fsp3) is 0.579. The largest absolute Gasteiger partial charge is 0.481 e. The lowest BCUT2D eigenvalue weighted by atomic mass is 9.82. The van der Waals surface area contributed by atoms with Crippen molar-refractivity contribution in [1.82, 2.24) is 0 Å². The summed E-state index contributed by atoms with van der Waals surface area (Å²) in [5, 5.41) is 9.64. The minimum atomic E-state index is -1.72. The van der Waals surface area contributed by atoms with Gasteiger partial charge < -0.3 is 9.84 Å². The van der Waals surface area contributed by atoms with Gasteiger partial charge in [-0.25, -0.2) is 0 Å². The normalized spacial score (nSPS) is 14.1. The molecule has 26 heavy (non-hydrogen) atoms. The molecule has 2 unspecified atom stereocenters. The van der Waals surface area contributed by atoms with Gasteiger partial charge in [-0.2, -0.15) is 0 Å². The van der Waals surface area contributed by atoms with Gasteiger partial charge in [0.25, 0.3) is 0 Å². The molecule has 0 aliphatic carbocycles. The van der Waals surface area contributed by atoms with Crippen LogP contribution in [0.1, 0.15) is 38.7 Å². The smallest absolute Gasteiger partial charge is 0.309 e. The van der Waals surface area contributed by atoms with Gasteiger partial charge in [0.2, 0.25) is 3.79 Å². The number of carboxylic acid groups (broad SMARTS) is 1. The van der Waals surface area contributed by atoms with Crippen LogP contribution in [0.2, 0.25) is 0 Å². The minimum Gasteiger partial charge on any atom is -0.481 e. The van der Waals surface area contributed by atoms with Crippen molar-refractivity contribution in [2.24, 2.45) is 17.8 Å². The van der Waals surface area contributed by atoms with Gasteiger partial charge in [-0.3, -0.25) is 9.59 Å². The minimum absolute atomic E-state index is 0.135. The first-order chi connectivity index (χ1) is 12.1. The summed E-state index contributed by atoms with van der Waals surface area (Å²) in [6.07, 6.45) is 2.20. The summed E-state index contributed by atoms with van der Waals surface area (Å²) in [6, 6.07) is 9.81. The molecule has 0 heterocycles. The third-order valence-electron chi connectivity index (χ3n) is 4.03.